The van der Waals surface area contributed by atoms with Crippen LogP contribution in [0, 0.1) is 10.1 Å². The molecule has 1 amide bonds. The van der Waals surface area contributed by atoms with Gasteiger partial charge in [0.05, 0.1) is 4.92 Å². The zero-order valence-corrected chi connectivity index (χ0v) is 19.3. The zero-order chi connectivity index (χ0) is 23.0. The Labute approximate surface area is 197 Å². The van der Waals surface area contributed by atoms with Crippen molar-refractivity contribution < 1.29 is 14.5 Å². The summed E-state index contributed by atoms with van der Waals surface area (Å²) < 4.78 is 0.758. The van der Waals surface area contributed by atoms with Crippen LogP contribution < -0.4 is 10.6 Å². The number of benzene rings is 1. The molecule has 0 unspecified atom stereocenters. The number of amides is 1. The van der Waals surface area contributed by atoms with Crippen molar-refractivity contribution in [3.8, 4) is 0 Å². The van der Waals surface area contributed by atoms with E-state index in [9.17, 15) is 19.7 Å². The Morgan fingerprint density at radius 1 is 1.31 bits per heavy atom. The molecule has 0 saturated heterocycles. The molecule has 0 spiro atoms. The van der Waals surface area contributed by atoms with Gasteiger partial charge in [-0.1, -0.05) is 11.6 Å². The third-order valence-corrected chi connectivity index (χ3v) is 6.30. The maximum atomic E-state index is 13.4. The van der Waals surface area contributed by atoms with E-state index in [0.717, 1.165) is 10.2 Å². The van der Waals surface area contributed by atoms with Crippen molar-refractivity contribution in [2.75, 3.05) is 5.32 Å². The molecule has 0 radical (unpaired) electrons. The molecule has 1 aliphatic heterocycles. The van der Waals surface area contributed by atoms with Gasteiger partial charge in [-0.25, -0.2) is 4.98 Å². The highest BCUT2D eigenvalue weighted by atomic mass is 79.9. The molecule has 1 aliphatic carbocycles. The number of carbonyl (C=O) groups is 2. The molecule has 0 bridgehead atoms. The van der Waals surface area contributed by atoms with Gasteiger partial charge < -0.3 is 10.6 Å². The van der Waals surface area contributed by atoms with Gasteiger partial charge in [0.25, 0.3) is 11.6 Å². The van der Waals surface area contributed by atoms with Crippen LogP contribution in [0.15, 0.2) is 63.5 Å². The fourth-order valence-electron chi connectivity index (χ4n) is 4.09. The first-order valence-electron chi connectivity index (χ1n) is 9.87. The van der Waals surface area contributed by atoms with Crippen molar-refractivity contribution in [2.45, 2.75) is 32.1 Å². The van der Waals surface area contributed by atoms with Crippen LogP contribution in [0.1, 0.15) is 37.7 Å². The summed E-state index contributed by atoms with van der Waals surface area (Å²) in [5, 5.41) is 17.6. The van der Waals surface area contributed by atoms with Crippen molar-refractivity contribution in [3.05, 3.63) is 84.2 Å². The van der Waals surface area contributed by atoms with E-state index in [1.54, 1.807) is 25.3 Å². The van der Waals surface area contributed by atoms with Gasteiger partial charge in [0.1, 0.15) is 5.82 Å². The molecule has 0 saturated carbocycles. The molecule has 2 aromatic rings. The molecule has 10 heteroatoms. The summed E-state index contributed by atoms with van der Waals surface area (Å²) in [5.74, 6) is -1.08. The Bertz CT molecular complexity index is 1210. The number of ketones is 1. The summed E-state index contributed by atoms with van der Waals surface area (Å²) in [6.45, 7) is 1.74. The number of allylic oxidation sites excluding steroid dienone is 3. The van der Waals surface area contributed by atoms with Gasteiger partial charge in [0.15, 0.2) is 5.78 Å². The van der Waals surface area contributed by atoms with E-state index in [4.69, 9.17) is 11.6 Å². The van der Waals surface area contributed by atoms with Crippen LogP contribution in [0.25, 0.3) is 0 Å². The molecule has 0 fully saturated rings. The first-order chi connectivity index (χ1) is 15.3. The highest BCUT2D eigenvalue weighted by Crippen LogP contribution is 2.45. The van der Waals surface area contributed by atoms with Gasteiger partial charge >= 0.3 is 0 Å². The second-order valence-corrected chi connectivity index (χ2v) is 8.87. The van der Waals surface area contributed by atoms with E-state index < -0.39 is 16.7 Å². The molecule has 2 aliphatic rings. The van der Waals surface area contributed by atoms with Gasteiger partial charge in [0.2, 0.25) is 0 Å². The standard InChI is InChI=1S/C22H18BrClN4O4/c1-11-19(22(30)27-18-8-5-12(23)10-25-18)20(21-16(26-11)3-2-4-17(21)29)14-9-13(28(31)32)6-7-15(14)24/h5-10,20,26H,2-4H2,1H3,(H,25,27,30)/t20-/m0/s1. The number of pyridine rings is 1. The van der Waals surface area contributed by atoms with Crippen LogP contribution in [-0.2, 0) is 9.59 Å². The second-order valence-electron chi connectivity index (χ2n) is 7.54. The lowest BCUT2D eigenvalue weighted by molar-refractivity contribution is -0.384. The molecule has 32 heavy (non-hydrogen) atoms. The molecule has 2 N–H and O–H groups in total. The van der Waals surface area contributed by atoms with Crippen LogP contribution in [0.4, 0.5) is 11.5 Å². The number of carbonyl (C=O) groups excluding carboxylic acids is 2. The third kappa shape index (κ3) is 4.18. The first-order valence-corrected chi connectivity index (χ1v) is 11.0. The molecular formula is C22H18BrClN4O4. The van der Waals surface area contributed by atoms with Crippen molar-refractivity contribution in [1.29, 1.82) is 0 Å². The molecular weight excluding hydrogens is 500 g/mol. The summed E-state index contributed by atoms with van der Waals surface area (Å²) >= 11 is 9.76. The number of dihydropyridines is 1. The number of non-ortho nitro benzene ring substituents is 1. The van der Waals surface area contributed by atoms with Crippen molar-refractivity contribution in [2.24, 2.45) is 0 Å². The molecule has 8 nitrogen and oxygen atoms in total. The predicted molar refractivity (Wildman–Crippen MR) is 123 cm³/mol. The number of rotatable bonds is 4. The monoisotopic (exact) mass is 516 g/mol. The number of hydrogen-bond donors (Lipinski definition) is 2. The summed E-state index contributed by atoms with van der Waals surface area (Å²) in [4.78, 5) is 41.4. The largest absolute Gasteiger partial charge is 0.362 e. The molecule has 1 aromatic carbocycles. The lowest BCUT2D eigenvalue weighted by Gasteiger charge is -2.34. The number of nitrogens with zero attached hydrogens (tertiary/aromatic N) is 2. The Kier molecular flexibility index (Phi) is 6.12. The van der Waals surface area contributed by atoms with E-state index in [-0.39, 0.29) is 22.1 Å². The topological polar surface area (TPSA) is 114 Å². The SMILES string of the molecule is CC1=C(C(=O)Nc2ccc(Br)cn2)[C@H](c2cc([N+](=O)[O-])ccc2Cl)C2=C(CCCC2=O)N1. The minimum Gasteiger partial charge on any atom is -0.362 e. The second kappa shape index (κ2) is 8.84. The van der Waals surface area contributed by atoms with Gasteiger partial charge in [-0.2, -0.15) is 0 Å². The Balaban J connectivity index is 1.85. The number of halogens is 2. The lowest BCUT2D eigenvalue weighted by Crippen LogP contribution is -2.35. The average Bonchev–Trinajstić information content (AvgIpc) is 2.74. The van der Waals surface area contributed by atoms with Crippen molar-refractivity contribution in [1.82, 2.24) is 10.3 Å². The van der Waals surface area contributed by atoms with E-state index in [2.05, 4.69) is 31.5 Å². The van der Waals surface area contributed by atoms with Crippen molar-refractivity contribution in [3.63, 3.8) is 0 Å². The van der Waals surface area contributed by atoms with Gasteiger partial charge in [0, 0.05) is 62.7 Å². The lowest BCUT2D eigenvalue weighted by atomic mass is 9.75. The van der Waals surface area contributed by atoms with Gasteiger partial charge in [-0.05, 0) is 59.5 Å². The highest BCUT2D eigenvalue weighted by molar-refractivity contribution is 9.10. The van der Waals surface area contributed by atoms with Crippen LogP contribution in [-0.4, -0.2) is 21.6 Å². The van der Waals surface area contributed by atoms with Crippen LogP contribution in [0.3, 0.4) is 0 Å². The maximum Gasteiger partial charge on any atom is 0.269 e. The molecule has 1 aromatic heterocycles. The Hall–Kier alpha value is -3.04. The summed E-state index contributed by atoms with van der Waals surface area (Å²) in [6, 6.07) is 7.44. The molecule has 2 heterocycles. The number of hydrogen-bond acceptors (Lipinski definition) is 6. The zero-order valence-electron chi connectivity index (χ0n) is 16.9. The Morgan fingerprint density at radius 2 is 2.09 bits per heavy atom. The number of nitrogens with one attached hydrogen (secondary N) is 2. The fourth-order valence-corrected chi connectivity index (χ4v) is 4.56. The van der Waals surface area contributed by atoms with Crippen LogP contribution >= 0.6 is 27.5 Å². The van der Waals surface area contributed by atoms with E-state index >= 15 is 0 Å². The summed E-state index contributed by atoms with van der Waals surface area (Å²) in [5.41, 5.74) is 2.16. The first kappa shape index (κ1) is 22.2. The molecule has 4 rings (SSSR count). The number of nitro benzene ring substituents is 1. The summed E-state index contributed by atoms with van der Waals surface area (Å²) in [6.07, 6.45) is 3.23. The van der Waals surface area contributed by atoms with Crippen molar-refractivity contribution >= 4 is 50.7 Å². The summed E-state index contributed by atoms with van der Waals surface area (Å²) in [7, 11) is 0. The minimum absolute atomic E-state index is 0.106. The average molecular weight is 518 g/mol. The van der Waals surface area contributed by atoms with Gasteiger partial charge in [-0.15, -0.1) is 0 Å². The Morgan fingerprint density at radius 3 is 2.78 bits per heavy atom. The highest BCUT2D eigenvalue weighted by Gasteiger charge is 2.40. The fraction of sp³-hybridized carbons (Fsp3) is 0.227. The van der Waals surface area contributed by atoms with E-state index in [0.29, 0.717) is 41.9 Å². The normalized spacial score (nSPS) is 18.2. The number of anilines is 1. The molecule has 164 valence electrons. The number of nitro groups is 1. The maximum absolute atomic E-state index is 13.4. The molecule has 1 atom stereocenters. The smallest absolute Gasteiger partial charge is 0.269 e. The van der Waals surface area contributed by atoms with E-state index in [1.807, 2.05) is 0 Å². The van der Waals surface area contributed by atoms with E-state index in [1.165, 1.54) is 18.2 Å². The van der Waals surface area contributed by atoms with Crippen LogP contribution in [0.2, 0.25) is 5.02 Å². The number of Topliss-reactive ketones (excluding diaryl/α,β-unsaturated/α-hetero) is 1. The number of aromatic nitrogens is 1. The van der Waals surface area contributed by atoms with Crippen LogP contribution in [0.5, 0.6) is 0 Å². The quantitative estimate of drug-likeness (QED) is 0.435. The predicted octanol–water partition coefficient (Wildman–Crippen LogP) is 5.01. The minimum atomic E-state index is -0.832. The van der Waals surface area contributed by atoms with Gasteiger partial charge in [-0.3, -0.25) is 19.7 Å². The third-order valence-electron chi connectivity index (χ3n) is 5.49.